The molecule has 21 heavy (non-hydrogen) atoms. The lowest BCUT2D eigenvalue weighted by Gasteiger charge is -2.30. The summed E-state index contributed by atoms with van der Waals surface area (Å²) in [4.78, 5) is 14.7. The van der Waals surface area contributed by atoms with Gasteiger partial charge in [-0.2, -0.15) is 4.98 Å². The van der Waals surface area contributed by atoms with Gasteiger partial charge in [-0.1, -0.05) is 5.16 Å². The average molecular weight is 289 g/mol. The standard InChI is InChI=1S/C14H19N5O2/c1-11-17-14(21-18-11)9-19-6-2-12(3-7-19)10-20-13-8-15-4-5-16-13/h4-5,8,12H,2-3,6-7,9-10H2,1H3. The average Bonchev–Trinajstić information content (AvgIpc) is 2.93. The maximum Gasteiger partial charge on any atom is 0.240 e. The third-order valence-corrected chi connectivity index (χ3v) is 3.64. The molecule has 0 radical (unpaired) electrons. The fourth-order valence-electron chi connectivity index (χ4n) is 2.47. The first-order valence-corrected chi connectivity index (χ1v) is 7.20. The minimum atomic E-state index is 0.563. The topological polar surface area (TPSA) is 77.2 Å². The van der Waals surface area contributed by atoms with Gasteiger partial charge in [0.2, 0.25) is 11.8 Å². The number of ether oxygens (including phenoxy) is 1. The molecule has 0 amide bonds. The minimum Gasteiger partial charge on any atom is -0.476 e. The van der Waals surface area contributed by atoms with Crippen molar-refractivity contribution in [3.8, 4) is 5.88 Å². The van der Waals surface area contributed by atoms with Gasteiger partial charge in [0, 0.05) is 12.4 Å². The molecule has 0 atom stereocenters. The Morgan fingerprint density at radius 3 is 2.86 bits per heavy atom. The first-order chi connectivity index (χ1) is 10.3. The Morgan fingerprint density at radius 2 is 2.19 bits per heavy atom. The number of aryl methyl sites for hydroxylation is 1. The van der Waals surface area contributed by atoms with Crippen LogP contribution >= 0.6 is 0 Å². The molecule has 7 nitrogen and oxygen atoms in total. The van der Waals surface area contributed by atoms with E-state index >= 15 is 0 Å². The number of hydrogen-bond acceptors (Lipinski definition) is 7. The Kier molecular flexibility index (Phi) is 4.40. The van der Waals surface area contributed by atoms with Crippen molar-refractivity contribution in [1.29, 1.82) is 0 Å². The number of hydrogen-bond donors (Lipinski definition) is 0. The Hall–Kier alpha value is -2.02. The molecule has 0 N–H and O–H groups in total. The largest absolute Gasteiger partial charge is 0.476 e. The lowest BCUT2D eigenvalue weighted by atomic mass is 9.98. The predicted octanol–water partition coefficient (Wildman–Crippen LogP) is 1.46. The molecule has 112 valence electrons. The van der Waals surface area contributed by atoms with Crippen LogP contribution in [0.5, 0.6) is 5.88 Å². The van der Waals surface area contributed by atoms with Gasteiger partial charge in [-0.15, -0.1) is 0 Å². The fraction of sp³-hybridized carbons (Fsp3) is 0.571. The monoisotopic (exact) mass is 289 g/mol. The quantitative estimate of drug-likeness (QED) is 0.824. The first-order valence-electron chi connectivity index (χ1n) is 7.20. The summed E-state index contributed by atoms with van der Waals surface area (Å²) in [6, 6.07) is 0. The number of piperidine rings is 1. The molecule has 1 fully saturated rings. The molecule has 2 aromatic heterocycles. The van der Waals surface area contributed by atoms with Gasteiger partial charge in [-0.05, 0) is 38.8 Å². The van der Waals surface area contributed by atoms with Gasteiger partial charge in [0.15, 0.2) is 5.82 Å². The minimum absolute atomic E-state index is 0.563. The van der Waals surface area contributed by atoms with E-state index in [2.05, 4.69) is 25.0 Å². The molecule has 0 saturated carbocycles. The van der Waals surface area contributed by atoms with Crippen LogP contribution in [-0.4, -0.2) is 44.7 Å². The van der Waals surface area contributed by atoms with Crippen molar-refractivity contribution >= 4 is 0 Å². The van der Waals surface area contributed by atoms with Gasteiger partial charge in [-0.25, -0.2) is 4.98 Å². The van der Waals surface area contributed by atoms with Crippen LogP contribution in [-0.2, 0) is 6.54 Å². The first kappa shape index (κ1) is 13.9. The highest BCUT2D eigenvalue weighted by Gasteiger charge is 2.21. The Balaban J connectivity index is 1.40. The number of aromatic nitrogens is 4. The van der Waals surface area contributed by atoms with Gasteiger partial charge >= 0.3 is 0 Å². The van der Waals surface area contributed by atoms with Crippen LogP contribution in [0.4, 0.5) is 0 Å². The van der Waals surface area contributed by atoms with Gasteiger partial charge in [-0.3, -0.25) is 9.88 Å². The van der Waals surface area contributed by atoms with Gasteiger partial charge in [0.25, 0.3) is 0 Å². The molecular formula is C14H19N5O2. The van der Waals surface area contributed by atoms with Crippen LogP contribution in [0.2, 0.25) is 0 Å². The molecule has 1 aliphatic heterocycles. The van der Waals surface area contributed by atoms with E-state index in [4.69, 9.17) is 9.26 Å². The van der Waals surface area contributed by atoms with Crippen LogP contribution in [0.15, 0.2) is 23.1 Å². The summed E-state index contributed by atoms with van der Waals surface area (Å²) in [6.07, 6.45) is 7.14. The molecule has 2 aromatic rings. The summed E-state index contributed by atoms with van der Waals surface area (Å²) < 4.78 is 10.8. The highest BCUT2D eigenvalue weighted by Crippen LogP contribution is 2.19. The van der Waals surface area contributed by atoms with Crippen molar-refractivity contribution in [3.05, 3.63) is 30.3 Å². The van der Waals surface area contributed by atoms with Crippen LogP contribution in [0.3, 0.4) is 0 Å². The van der Waals surface area contributed by atoms with E-state index in [1.165, 1.54) is 0 Å². The van der Waals surface area contributed by atoms with Crippen molar-refractivity contribution in [3.63, 3.8) is 0 Å². The Labute approximate surface area is 123 Å². The smallest absolute Gasteiger partial charge is 0.240 e. The molecule has 0 spiro atoms. The van der Waals surface area contributed by atoms with Crippen LogP contribution < -0.4 is 4.74 Å². The molecule has 0 aliphatic carbocycles. The van der Waals surface area contributed by atoms with Gasteiger partial charge in [0.05, 0.1) is 19.3 Å². The summed E-state index contributed by atoms with van der Waals surface area (Å²) in [7, 11) is 0. The highest BCUT2D eigenvalue weighted by molar-refractivity contribution is 5.01. The molecule has 7 heteroatoms. The van der Waals surface area contributed by atoms with Gasteiger partial charge in [0.1, 0.15) is 0 Å². The second-order valence-electron chi connectivity index (χ2n) is 5.31. The summed E-state index contributed by atoms with van der Waals surface area (Å²) in [5.41, 5.74) is 0. The summed E-state index contributed by atoms with van der Waals surface area (Å²) in [6.45, 7) is 5.32. The molecule has 0 unspecified atom stereocenters. The second kappa shape index (κ2) is 6.62. The second-order valence-corrected chi connectivity index (χ2v) is 5.31. The zero-order valence-corrected chi connectivity index (χ0v) is 12.1. The van der Waals surface area contributed by atoms with E-state index in [-0.39, 0.29) is 0 Å². The van der Waals surface area contributed by atoms with E-state index in [0.717, 1.165) is 32.5 Å². The van der Waals surface area contributed by atoms with E-state index in [1.54, 1.807) is 18.6 Å². The summed E-state index contributed by atoms with van der Waals surface area (Å²) >= 11 is 0. The van der Waals surface area contributed by atoms with Crippen molar-refractivity contribution in [2.75, 3.05) is 19.7 Å². The summed E-state index contributed by atoms with van der Waals surface area (Å²) in [5.74, 6) is 2.55. The zero-order chi connectivity index (χ0) is 14.5. The molecule has 1 aliphatic rings. The van der Waals surface area contributed by atoms with Crippen molar-refractivity contribution in [2.45, 2.75) is 26.3 Å². The van der Waals surface area contributed by atoms with Crippen molar-refractivity contribution in [2.24, 2.45) is 5.92 Å². The van der Waals surface area contributed by atoms with Crippen molar-refractivity contribution < 1.29 is 9.26 Å². The molecular weight excluding hydrogens is 270 g/mol. The maximum absolute atomic E-state index is 5.67. The van der Waals surface area contributed by atoms with E-state index in [0.29, 0.717) is 30.1 Å². The highest BCUT2D eigenvalue weighted by atomic mass is 16.5. The van der Waals surface area contributed by atoms with E-state index in [9.17, 15) is 0 Å². The fourth-order valence-corrected chi connectivity index (χ4v) is 2.47. The SMILES string of the molecule is Cc1noc(CN2CCC(COc3cnccn3)CC2)n1. The van der Waals surface area contributed by atoms with Crippen LogP contribution in [0.25, 0.3) is 0 Å². The lowest BCUT2D eigenvalue weighted by molar-refractivity contribution is 0.125. The Bertz CT molecular complexity index is 552. The normalized spacial score (nSPS) is 17.0. The Morgan fingerprint density at radius 1 is 1.33 bits per heavy atom. The van der Waals surface area contributed by atoms with Gasteiger partial charge < -0.3 is 9.26 Å². The molecule has 0 aromatic carbocycles. The maximum atomic E-state index is 5.67. The van der Waals surface area contributed by atoms with Crippen LogP contribution in [0, 0.1) is 12.8 Å². The van der Waals surface area contributed by atoms with Crippen molar-refractivity contribution in [1.82, 2.24) is 25.0 Å². The molecule has 0 bridgehead atoms. The molecule has 1 saturated heterocycles. The summed E-state index contributed by atoms with van der Waals surface area (Å²) in [5, 5.41) is 3.81. The lowest BCUT2D eigenvalue weighted by Crippen LogP contribution is -2.35. The third-order valence-electron chi connectivity index (χ3n) is 3.64. The third kappa shape index (κ3) is 3.98. The number of nitrogens with zero attached hydrogens (tertiary/aromatic N) is 5. The number of rotatable bonds is 5. The molecule has 3 rings (SSSR count). The number of likely N-dealkylation sites (tertiary alicyclic amines) is 1. The predicted molar refractivity (Wildman–Crippen MR) is 74.6 cm³/mol. The van der Waals surface area contributed by atoms with Crippen LogP contribution in [0.1, 0.15) is 24.6 Å². The van der Waals surface area contributed by atoms with E-state index in [1.807, 2.05) is 6.92 Å². The zero-order valence-electron chi connectivity index (χ0n) is 12.1. The molecule has 3 heterocycles. The van der Waals surface area contributed by atoms with E-state index < -0.39 is 0 Å².